The lowest BCUT2D eigenvalue weighted by atomic mass is 9.96. The highest BCUT2D eigenvalue weighted by Crippen LogP contribution is 2.28. The number of aromatic nitrogens is 1. The maximum Gasteiger partial charge on any atom is 0.244 e. The van der Waals surface area contributed by atoms with Crippen LogP contribution in [0.15, 0.2) is 23.2 Å². The van der Waals surface area contributed by atoms with Crippen LogP contribution < -0.4 is 10.0 Å². The summed E-state index contributed by atoms with van der Waals surface area (Å²) in [4.78, 5) is 4.27. The first kappa shape index (κ1) is 15.6. The van der Waals surface area contributed by atoms with E-state index in [0.29, 0.717) is 11.1 Å². The molecule has 2 rings (SSSR count). The molecule has 7 heteroatoms. The van der Waals surface area contributed by atoms with Crippen LogP contribution in [0.2, 0.25) is 0 Å². The van der Waals surface area contributed by atoms with Crippen LogP contribution in [-0.2, 0) is 10.0 Å². The highest BCUT2D eigenvalue weighted by atomic mass is 32.2. The summed E-state index contributed by atoms with van der Waals surface area (Å²) < 4.78 is 27.7. The third kappa shape index (κ3) is 3.65. The van der Waals surface area contributed by atoms with Gasteiger partial charge in [0, 0.05) is 24.5 Å². The maximum atomic E-state index is 12.4. The summed E-state index contributed by atoms with van der Waals surface area (Å²) in [6, 6.07) is 3.25. The summed E-state index contributed by atoms with van der Waals surface area (Å²) in [6.45, 7) is 0. The molecule has 112 valence electrons. The first-order chi connectivity index (χ1) is 9.56. The molecule has 1 saturated carbocycles. The van der Waals surface area contributed by atoms with E-state index in [-0.39, 0.29) is 10.9 Å². The van der Waals surface area contributed by atoms with Gasteiger partial charge in [0.05, 0.1) is 0 Å². The summed E-state index contributed by atoms with van der Waals surface area (Å²) in [5.41, 5.74) is 0. The zero-order chi connectivity index (χ0) is 14.6. The molecule has 0 aromatic carbocycles. The van der Waals surface area contributed by atoms with Crippen molar-refractivity contribution in [1.29, 1.82) is 0 Å². The third-order valence-corrected chi connectivity index (χ3v) is 6.32. The Balaban J connectivity index is 2.08. The van der Waals surface area contributed by atoms with Crippen LogP contribution in [0.5, 0.6) is 0 Å². The van der Waals surface area contributed by atoms with Gasteiger partial charge >= 0.3 is 0 Å². The normalized spacial score (nSPS) is 23.5. The molecule has 1 aromatic rings. The van der Waals surface area contributed by atoms with Gasteiger partial charge in [-0.1, -0.05) is 0 Å². The molecule has 0 saturated heterocycles. The number of sulfonamides is 1. The molecule has 1 heterocycles. The van der Waals surface area contributed by atoms with Gasteiger partial charge in [0.2, 0.25) is 10.0 Å². The van der Waals surface area contributed by atoms with Gasteiger partial charge < -0.3 is 5.32 Å². The maximum absolute atomic E-state index is 12.4. The van der Waals surface area contributed by atoms with Crippen LogP contribution in [0.1, 0.15) is 25.7 Å². The molecule has 2 N–H and O–H groups in total. The highest BCUT2D eigenvalue weighted by Gasteiger charge is 2.26. The zero-order valence-corrected chi connectivity index (χ0v) is 13.4. The smallest absolute Gasteiger partial charge is 0.244 e. The first-order valence-corrected chi connectivity index (χ1v) is 9.52. The minimum absolute atomic E-state index is 0.0355. The van der Waals surface area contributed by atoms with Crippen molar-refractivity contribution in [2.24, 2.45) is 0 Å². The first-order valence-electron chi connectivity index (χ1n) is 6.74. The largest absolute Gasteiger partial charge is 0.372 e. The van der Waals surface area contributed by atoms with Gasteiger partial charge in [0.1, 0.15) is 10.7 Å². The quantitative estimate of drug-likeness (QED) is 0.870. The summed E-state index contributed by atoms with van der Waals surface area (Å²) in [6.07, 6.45) is 7.64. The molecule has 0 amide bonds. The summed E-state index contributed by atoms with van der Waals surface area (Å²) in [5.74, 6) is 0.387. The predicted octanol–water partition coefficient (Wildman–Crippen LogP) is 2.08. The molecule has 20 heavy (non-hydrogen) atoms. The fourth-order valence-corrected chi connectivity index (χ4v) is 4.71. The van der Waals surface area contributed by atoms with E-state index in [0.717, 1.165) is 25.7 Å². The number of hydrogen-bond donors (Lipinski definition) is 2. The molecule has 0 spiro atoms. The van der Waals surface area contributed by atoms with E-state index in [4.69, 9.17) is 0 Å². The van der Waals surface area contributed by atoms with Crippen molar-refractivity contribution in [1.82, 2.24) is 9.71 Å². The second-order valence-electron chi connectivity index (χ2n) is 4.93. The van der Waals surface area contributed by atoms with Crippen molar-refractivity contribution in [2.75, 3.05) is 18.6 Å². The lowest BCUT2D eigenvalue weighted by Gasteiger charge is -2.28. The van der Waals surface area contributed by atoms with Gasteiger partial charge in [-0.2, -0.15) is 11.8 Å². The van der Waals surface area contributed by atoms with Gasteiger partial charge in [-0.25, -0.2) is 18.1 Å². The number of hydrogen-bond acceptors (Lipinski definition) is 5. The fourth-order valence-electron chi connectivity index (χ4n) is 2.49. The molecule has 0 radical (unpaired) electrons. The van der Waals surface area contributed by atoms with E-state index in [9.17, 15) is 8.42 Å². The second-order valence-corrected chi connectivity index (χ2v) is 7.75. The summed E-state index contributed by atoms with van der Waals surface area (Å²) in [7, 11) is -1.84. The Bertz CT molecular complexity index is 540. The standard InChI is InChI=1S/C13H21N3O2S2/c1-14-13-12(4-3-9-15-13)20(17,18)16-10-5-7-11(19-2)8-6-10/h3-4,9-11,16H,5-8H2,1-2H3,(H,14,15). The number of rotatable bonds is 5. The Morgan fingerprint density at radius 2 is 2.00 bits per heavy atom. The number of anilines is 1. The molecule has 1 aromatic heterocycles. The van der Waals surface area contributed by atoms with E-state index < -0.39 is 10.0 Å². The van der Waals surface area contributed by atoms with E-state index in [1.165, 1.54) is 0 Å². The minimum atomic E-state index is -3.51. The van der Waals surface area contributed by atoms with Crippen molar-refractivity contribution >= 4 is 27.6 Å². The predicted molar refractivity (Wildman–Crippen MR) is 83.7 cm³/mol. The molecule has 1 aliphatic rings. The average molecular weight is 315 g/mol. The molecule has 0 atom stereocenters. The van der Waals surface area contributed by atoms with Gasteiger partial charge in [0.25, 0.3) is 0 Å². The Morgan fingerprint density at radius 3 is 2.60 bits per heavy atom. The molecule has 5 nitrogen and oxygen atoms in total. The number of thioether (sulfide) groups is 1. The van der Waals surface area contributed by atoms with Crippen LogP contribution in [0.4, 0.5) is 5.82 Å². The van der Waals surface area contributed by atoms with E-state index in [1.54, 1.807) is 25.4 Å². The van der Waals surface area contributed by atoms with Gasteiger partial charge in [-0.05, 0) is 44.1 Å². The molecule has 1 aliphatic carbocycles. The fraction of sp³-hybridized carbons (Fsp3) is 0.615. The lowest BCUT2D eigenvalue weighted by Crippen LogP contribution is -2.38. The van der Waals surface area contributed by atoms with Crippen LogP contribution in [0, 0.1) is 0 Å². The van der Waals surface area contributed by atoms with Gasteiger partial charge in [0.15, 0.2) is 0 Å². The van der Waals surface area contributed by atoms with Crippen molar-refractivity contribution in [3.05, 3.63) is 18.3 Å². The molecular weight excluding hydrogens is 294 g/mol. The van der Waals surface area contributed by atoms with E-state index in [1.807, 2.05) is 11.8 Å². The SMILES string of the molecule is CNc1ncccc1S(=O)(=O)NC1CCC(SC)CC1. The zero-order valence-electron chi connectivity index (χ0n) is 11.8. The number of nitrogens with zero attached hydrogens (tertiary/aromatic N) is 1. The van der Waals surface area contributed by atoms with Crippen LogP contribution in [-0.4, -0.2) is 38.0 Å². The number of nitrogens with one attached hydrogen (secondary N) is 2. The summed E-state index contributed by atoms with van der Waals surface area (Å²) >= 11 is 1.87. The third-order valence-electron chi connectivity index (χ3n) is 3.63. The Kier molecular flexibility index (Phi) is 5.29. The van der Waals surface area contributed by atoms with Crippen molar-refractivity contribution in [3.8, 4) is 0 Å². The highest BCUT2D eigenvalue weighted by molar-refractivity contribution is 7.99. The molecule has 1 fully saturated rings. The minimum Gasteiger partial charge on any atom is -0.372 e. The average Bonchev–Trinajstić information content (AvgIpc) is 2.47. The van der Waals surface area contributed by atoms with E-state index >= 15 is 0 Å². The van der Waals surface area contributed by atoms with Crippen molar-refractivity contribution in [2.45, 2.75) is 41.9 Å². The summed E-state index contributed by atoms with van der Waals surface area (Å²) in [5, 5.41) is 3.49. The van der Waals surface area contributed by atoms with Gasteiger partial charge in [-0.15, -0.1) is 0 Å². The number of pyridine rings is 1. The van der Waals surface area contributed by atoms with Crippen LogP contribution in [0.3, 0.4) is 0 Å². The Labute approximate surface area is 125 Å². The second kappa shape index (κ2) is 6.78. The Morgan fingerprint density at radius 1 is 1.30 bits per heavy atom. The molecule has 0 aliphatic heterocycles. The topological polar surface area (TPSA) is 71.1 Å². The van der Waals surface area contributed by atoms with Crippen molar-refractivity contribution in [3.63, 3.8) is 0 Å². The molecule has 0 unspecified atom stereocenters. The van der Waals surface area contributed by atoms with Crippen molar-refractivity contribution < 1.29 is 8.42 Å². The van der Waals surface area contributed by atoms with E-state index in [2.05, 4.69) is 21.3 Å². The molecular formula is C13H21N3O2S2. The Hall–Kier alpha value is -0.790. The molecule has 0 bridgehead atoms. The monoisotopic (exact) mass is 315 g/mol. The lowest BCUT2D eigenvalue weighted by molar-refractivity contribution is 0.420. The van der Waals surface area contributed by atoms with Crippen LogP contribution >= 0.6 is 11.8 Å². The van der Waals surface area contributed by atoms with Crippen LogP contribution in [0.25, 0.3) is 0 Å². The van der Waals surface area contributed by atoms with Gasteiger partial charge in [-0.3, -0.25) is 0 Å².